The molecule has 0 aliphatic rings. The highest BCUT2D eigenvalue weighted by Crippen LogP contribution is 2.26. The fourth-order valence-electron chi connectivity index (χ4n) is 2.29. The first-order valence-corrected chi connectivity index (χ1v) is 9.23. The van der Waals surface area contributed by atoms with Gasteiger partial charge in [-0.25, -0.2) is 14.6 Å². The van der Waals surface area contributed by atoms with Gasteiger partial charge in [-0.05, 0) is 42.0 Å². The summed E-state index contributed by atoms with van der Waals surface area (Å²) in [7, 11) is 0. The van der Waals surface area contributed by atoms with E-state index < -0.39 is 0 Å². The normalized spacial score (nSPS) is 11.0. The molecular formula is C19H14ClN5OS. The van der Waals surface area contributed by atoms with Crippen LogP contribution >= 0.6 is 22.9 Å². The largest absolute Gasteiger partial charge is 0.465 e. The summed E-state index contributed by atoms with van der Waals surface area (Å²) in [4.78, 5) is 8.28. The highest BCUT2D eigenvalue weighted by atomic mass is 35.5. The van der Waals surface area contributed by atoms with Crippen LogP contribution in [0.2, 0.25) is 5.02 Å². The van der Waals surface area contributed by atoms with Crippen molar-refractivity contribution in [3.63, 3.8) is 0 Å². The summed E-state index contributed by atoms with van der Waals surface area (Å²) in [5.41, 5.74) is 1.82. The number of hydrogen-bond acceptors (Lipinski definition) is 6. The topological polar surface area (TPSA) is 64.9 Å². The first-order valence-electron chi connectivity index (χ1n) is 8.03. The lowest BCUT2D eigenvalue weighted by Gasteiger charge is -2.04. The van der Waals surface area contributed by atoms with E-state index in [0.29, 0.717) is 5.02 Å². The maximum absolute atomic E-state index is 6.11. The molecule has 8 heteroatoms. The Morgan fingerprint density at radius 2 is 1.96 bits per heavy atom. The number of thiazole rings is 1. The van der Waals surface area contributed by atoms with Gasteiger partial charge in [0.25, 0.3) is 0 Å². The van der Waals surface area contributed by atoms with Gasteiger partial charge in [-0.15, -0.1) is 0 Å². The number of benzene rings is 2. The van der Waals surface area contributed by atoms with Crippen LogP contribution in [0.5, 0.6) is 5.75 Å². The van der Waals surface area contributed by atoms with Gasteiger partial charge in [-0.2, -0.15) is 5.10 Å². The molecule has 2 heterocycles. The monoisotopic (exact) mass is 395 g/mol. The van der Waals surface area contributed by atoms with Gasteiger partial charge in [0.1, 0.15) is 23.4 Å². The fourth-order valence-corrected chi connectivity index (χ4v) is 3.25. The molecule has 0 amide bonds. The first kappa shape index (κ1) is 17.3. The van der Waals surface area contributed by atoms with E-state index in [4.69, 9.17) is 16.3 Å². The van der Waals surface area contributed by atoms with Crippen LogP contribution in [0.15, 0.2) is 73.6 Å². The van der Waals surface area contributed by atoms with Crippen LogP contribution in [0.4, 0.5) is 10.8 Å². The Hall–Kier alpha value is -3.16. The van der Waals surface area contributed by atoms with Crippen LogP contribution in [0, 0.1) is 0 Å². The minimum absolute atomic E-state index is 0.686. The second-order valence-electron chi connectivity index (χ2n) is 5.44. The minimum Gasteiger partial charge on any atom is -0.465 e. The SMILES string of the molecule is Clc1ccccc1/C=C/Oc1ccc(Nc2ncc(-n3cncn3)s2)cc1. The van der Waals surface area contributed by atoms with Crippen LogP contribution in [0.3, 0.4) is 0 Å². The number of hydrogen-bond donors (Lipinski definition) is 1. The molecule has 4 aromatic rings. The molecule has 0 saturated carbocycles. The molecular weight excluding hydrogens is 382 g/mol. The van der Waals surface area contributed by atoms with E-state index >= 15 is 0 Å². The Labute approximate surface area is 164 Å². The highest BCUT2D eigenvalue weighted by molar-refractivity contribution is 7.18. The Morgan fingerprint density at radius 3 is 2.74 bits per heavy atom. The lowest BCUT2D eigenvalue weighted by atomic mass is 10.2. The molecule has 0 fully saturated rings. The average Bonchev–Trinajstić information content (AvgIpc) is 3.36. The van der Waals surface area contributed by atoms with Crippen LogP contribution in [0.1, 0.15) is 5.56 Å². The molecule has 6 nitrogen and oxygen atoms in total. The summed E-state index contributed by atoms with van der Waals surface area (Å²) in [5, 5.41) is 9.69. The van der Waals surface area contributed by atoms with E-state index in [-0.39, 0.29) is 0 Å². The van der Waals surface area contributed by atoms with Crippen molar-refractivity contribution in [1.29, 1.82) is 0 Å². The standard InChI is InChI=1S/C19H14ClN5OS/c20-17-4-2-1-3-14(17)9-10-26-16-7-5-15(6-8-16)24-19-22-11-18(27-19)25-13-21-12-23-25/h1-13H,(H,22,24)/b10-9+. The van der Waals surface area contributed by atoms with E-state index in [9.17, 15) is 0 Å². The summed E-state index contributed by atoms with van der Waals surface area (Å²) in [6.45, 7) is 0. The Balaban J connectivity index is 1.37. The lowest BCUT2D eigenvalue weighted by Crippen LogP contribution is -1.89. The third-order valence-electron chi connectivity index (χ3n) is 3.60. The Morgan fingerprint density at radius 1 is 1.11 bits per heavy atom. The van der Waals surface area contributed by atoms with Crippen LogP contribution in [-0.2, 0) is 0 Å². The van der Waals surface area contributed by atoms with Gasteiger partial charge in [0.2, 0.25) is 0 Å². The molecule has 0 bridgehead atoms. The van der Waals surface area contributed by atoms with Crippen molar-refractivity contribution < 1.29 is 4.74 Å². The molecule has 0 aliphatic heterocycles. The van der Waals surface area contributed by atoms with Gasteiger partial charge in [0.05, 0.1) is 12.5 Å². The average molecular weight is 396 g/mol. The molecule has 0 unspecified atom stereocenters. The molecule has 4 rings (SSSR count). The van der Waals surface area contributed by atoms with Gasteiger partial charge in [0, 0.05) is 10.7 Å². The molecule has 0 atom stereocenters. The summed E-state index contributed by atoms with van der Waals surface area (Å²) < 4.78 is 7.30. The zero-order valence-electron chi connectivity index (χ0n) is 14.0. The van der Waals surface area contributed by atoms with Crippen molar-refractivity contribution in [3.05, 3.63) is 84.2 Å². The molecule has 27 heavy (non-hydrogen) atoms. The highest BCUT2D eigenvalue weighted by Gasteiger charge is 2.05. The van der Waals surface area contributed by atoms with E-state index in [1.54, 1.807) is 23.5 Å². The van der Waals surface area contributed by atoms with E-state index in [1.807, 2.05) is 54.6 Å². The Kier molecular flexibility index (Phi) is 5.13. The molecule has 0 aliphatic carbocycles. The summed E-state index contributed by atoms with van der Waals surface area (Å²) in [6.07, 6.45) is 8.33. The lowest BCUT2D eigenvalue weighted by molar-refractivity contribution is 0.485. The van der Waals surface area contributed by atoms with Crippen molar-refractivity contribution in [2.45, 2.75) is 0 Å². The number of nitrogens with one attached hydrogen (secondary N) is 1. The van der Waals surface area contributed by atoms with Crippen molar-refractivity contribution in [3.8, 4) is 10.8 Å². The molecule has 134 valence electrons. The molecule has 2 aromatic carbocycles. The van der Waals surface area contributed by atoms with Crippen molar-refractivity contribution in [2.75, 3.05) is 5.32 Å². The second-order valence-corrected chi connectivity index (χ2v) is 6.85. The molecule has 0 saturated heterocycles. The van der Waals surface area contributed by atoms with Gasteiger partial charge in [0.15, 0.2) is 5.13 Å². The van der Waals surface area contributed by atoms with Gasteiger partial charge < -0.3 is 10.1 Å². The molecule has 2 aromatic heterocycles. The number of halogens is 1. The second kappa shape index (κ2) is 8.03. The number of aromatic nitrogens is 4. The van der Waals surface area contributed by atoms with Gasteiger partial charge in [-0.3, -0.25) is 0 Å². The van der Waals surface area contributed by atoms with E-state index in [0.717, 1.165) is 27.1 Å². The number of rotatable bonds is 6. The smallest absolute Gasteiger partial charge is 0.189 e. The predicted molar refractivity (Wildman–Crippen MR) is 108 cm³/mol. The van der Waals surface area contributed by atoms with Crippen LogP contribution < -0.4 is 10.1 Å². The van der Waals surface area contributed by atoms with Gasteiger partial charge in [-0.1, -0.05) is 41.1 Å². The predicted octanol–water partition coefficient (Wildman–Crippen LogP) is 5.17. The van der Waals surface area contributed by atoms with Crippen molar-refractivity contribution >= 4 is 39.8 Å². The summed E-state index contributed by atoms with van der Waals surface area (Å²) in [6, 6.07) is 15.2. The number of nitrogens with zero attached hydrogens (tertiary/aromatic N) is 4. The van der Waals surface area contributed by atoms with Crippen molar-refractivity contribution in [1.82, 2.24) is 19.7 Å². The summed E-state index contributed by atoms with van der Waals surface area (Å²) in [5.74, 6) is 0.728. The minimum atomic E-state index is 0.686. The third kappa shape index (κ3) is 4.33. The van der Waals surface area contributed by atoms with E-state index in [1.165, 1.54) is 17.7 Å². The maximum atomic E-state index is 6.11. The third-order valence-corrected chi connectivity index (χ3v) is 4.85. The van der Waals surface area contributed by atoms with E-state index in [2.05, 4.69) is 20.4 Å². The number of anilines is 2. The first-order chi connectivity index (χ1) is 13.3. The summed E-state index contributed by atoms with van der Waals surface area (Å²) >= 11 is 7.60. The maximum Gasteiger partial charge on any atom is 0.189 e. The molecule has 1 N–H and O–H groups in total. The van der Waals surface area contributed by atoms with Crippen LogP contribution in [0.25, 0.3) is 11.1 Å². The zero-order valence-corrected chi connectivity index (χ0v) is 15.6. The van der Waals surface area contributed by atoms with Crippen molar-refractivity contribution in [2.24, 2.45) is 0 Å². The molecule has 0 radical (unpaired) electrons. The zero-order chi connectivity index (χ0) is 18.5. The fraction of sp³-hybridized carbons (Fsp3) is 0. The Bertz CT molecular complexity index is 1040. The number of ether oxygens (including phenoxy) is 1. The van der Waals surface area contributed by atoms with Gasteiger partial charge >= 0.3 is 0 Å². The quantitative estimate of drug-likeness (QED) is 0.456. The van der Waals surface area contributed by atoms with Crippen LogP contribution in [-0.4, -0.2) is 19.7 Å². The molecule has 0 spiro atoms.